The molecule has 94 valence electrons. The Hall–Kier alpha value is -1.16. The number of benzene rings is 2. The molecule has 2 rings (SSSR count). The van der Waals surface area contributed by atoms with Crippen LogP contribution in [0.25, 0.3) is 0 Å². The average molecular weight is 308 g/mol. The van der Waals surface area contributed by atoms with Crippen LogP contribution < -0.4 is 4.74 Å². The van der Waals surface area contributed by atoms with Crippen LogP contribution in [-0.4, -0.2) is 5.11 Å². The molecule has 0 atom stereocenters. The van der Waals surface area contributed by atoms with Gasteiger partial charge < -0.3 is 9.84 Å². The van der Waals surface area contributed by atoms with E-state index in [2.05, 4.69) is 0 Å². The van der Waals surface area contributed by atoms with Crippen LogP contribution >= 0.6 is 34.8 Å². The Kier molecular flexibility index (Phi) is 3.85. The highest BCUT2D eigenvalue weighted by Gasteiger charge is 2.12. The average Bonchev–Trinajstić information content (AvgIpc) is 2.32. The Balaban J connectivity index is 2.40. The molecule has 0 aromatic heterocycles. The molecule has 6 heteroatoms. The lowest BCUT2D eigenvalue weighted by Crippen LogP contribution is -1.88. The second-order valence-corrected chi connectivity index (χ2v) is 4.58. The Morgan fingerprint density at radius 2 is 1.72 bits per heavy atom. The van der Waals surface area contributed by atoms with Gasteiger partial charge in [0, 0.05) is 12.1 Å². The molecule has 0 aliphatic carbocycles. The fraction of sp³-hybridized carbons (Fsp3) is 0. The SMILES string of the molecule is Oc1cc(Cl)c(Oc2cccc(Cl)c2Cl)cc1F. The molecular formula is C12H6Cl3FO2. The lowest BCUT2D eigenvalue weighted by Gasteiger charge is -2.10. The van der Waals surface area contributed by atoms with Crippen molar-refractivity contribution in [2.75, 3.05) is 0 Å². The second kappa shape index (κ2) is 5.22. The van der Waals surface area contributed by atoms with Crippen molar-refractivity contribution < 1.29 is 14.2 Å². The number of phenols is 1. The van der Waals surface area contributed by atoms with Crippen LogP contribution in [0.4, 0.5) is 4.39 Å². The fourth-order valence-electron chi connectivity index (χ4n) is 1.28. The Labute approximate surface area is 117 Å². The molecule has 0 saturated heterocycles. The maximum Gasteiger partial charge on any atom is 0.168 e. The number of ether oxygens (including phenoxy) is 1. The first-order valence-corrected chi connectivity index (χ1v) is 5.92. The zero-order chi connectivity index (χ0) is 13.3. The van der Waals surface area contributed by atoms with Gasteiger partial charge in [-0.3, -0.25) is 0 Å². The third-order valence-electron chi connectivity index (χ3n) is 2.14. The maximum absolute atomic E-state index is 13.2. The number of phenolic OH excluding ortho intramolecular Hbond substituents is 1. The predicted octanol–water partition coefficient (Wildman–Crippen LogP) is 5.28. The standard InChI is InChI=1S/C12H6Cl3FO2/c13-6-2-1-3-10(12(6)15)18-11-5-8(16)9(17)4-7(11)14/h1-5,17H. The zero-order valence-corrected chi connectivity index (χ0v) is 11.0. The highest BCUT2D eigenvalue weighted by atomic mass is 35.5. The van der Waals surface area contributed by atoms with Crippen LogP contribution in [0.5, 0.6) is 17.2 Å². The minimum atomic E-state index is -0.840. The van der Waals surface area contributed by atoms with E-state index in [9.17, 15) is 4.39 Å². The summed E-state index contributed by atoms with van der Waals surface area (Å²) in [6, 6.07) is 6.80. The summed E-state index contributed by atoms with van der Waals surface area (Å²) in [5, 5.41) is 9.69. The second-order valence-electron chi connectivity index (χ2n) is 3.39. The predicted molar refractivity (Wildman–Crippen MR) is 69.6 cm³/mol. The van der Waals surface area contributed by atoms with Crippen molar-refractivity contribution in [3.8, 4) is 17.2 Å². The highest BCUT2D eigenvalue weighted by Crippen LogP contribution is 2.38. The molecule has 1 N–H and O–H groups in total. The van der Waals surface area contributed by atoms with Crippen molar-refractivity contribution in [1.29, 1.82) is 0 Å². The van der Waals surface area contributed by atoms with E-state index in [-0.39, 0.29) is 21.5 Å². The van der Waals surface area contributed by atoms with Gasteiger partial charge in [0.25, 0.3) is 0 Å². The number of halogens is 4. The highest BCUT2D eigenvalue weighted by molar-refractivity contribution is 6.43. The minimum Gasteiger partial charge on any atom is -0.505 e. The summed E-state index contributed by atoms with van der Waals surface area (Å²) in [7, 11) is 0. The summed E-state index contributed by atoms with van der Waals surface area (Å²) in [4.78, 5) is 0. The summed E-state index contributed by atoms with van der Waals surface area (Å²) in [6.07, 6.45) is 0. The minimum absolute atomic E-state index is 0.0381. The molecule has 2 nitrogen and oxygen atoms in total. The largest absolute Gasteiger partial charge is 0.505 e. The first-order chi connectivity index (χ1) is 8.49. The molecule has 18 heavy (non-hydrogen) atoms. The van der Waals surface area contributed by atoms with Crippen molar-refractivity contribution in [2.24, 2.45) is 0 Å². The van der Waals surface area contributed by atoms with Gasteiger partial charge >= 0.3 is 0 Å². The summed E-state index contributed by atoms with van der Waals surface area (Å²) in [5.74, 6) is -1.11. The smallest absolute Gasteiger partial charge is 0.168 e. The molecule has 2 aromatic carbocycles. The van der Waals surface area contributed by atoms with Gasteiger partial charge in [0.2, 0.25) is 0 Å². The van der Waals surface area contributed by atoms with Gasteiger partial charge in [-0.05, 0) is 12.1 Å². The van der Waals surface area contributed by atoms with E-state index in [0.717, 1.165) is 12.1 Å². The van der Waals surface area contributed by atoms with Gasteiger partial charge in [0.1, 0.15) is 16.5 Å². The number of hydrogen-bond donors (Lipinski definition) is 1. The summed E-state index contributed by atoms with van der Waals surface area (Å²) >= 11 is 17.6. The van der Waals surface area contributed by atoms with Crippen molar-refractivity contribution in [3.63, 3.8) is 0 Å². The Bertz CT molecular complexity index is 602. The third-order valence-corrected chi connectivity index (χ3v) is 3.23. The molecule has 0 unspecified atom stereocenters. The molecule has 0 aliphatic heterocycles. The van der Waals surface area contributed by atoms with E-state index in [1.165, 1.54) is 0 Å². The van der Waals surface area contributed by atoms with Gasteiger partial charge in [-0.25, -0.2) is 4.39 Å². The van der Waals surface area contributed by atoms with E-state index < -0.39 is 11.6 Å². The van der Waals surface area contributed by atoms with E-state index in [1.54, 1.807) is 18.2 Å². The Morgan fingerprint density at radius 1 is 1.00 bits per heavy atom. The molecule has 0 spiro atoms. The normalized spacial score (nSPS) is 10.4. The lowest BCUT2D eigenvalue weighted by molar-refractivity contribution is 0.424. The van der Waals surface area contributed by atoms with E-state index in [0.29, 0.717) is 5.02 Å². The summed E-state index contributed by atoms with van der Waals surface area (Å²) in [5.41, 5.74) is 0. The van der Waals surface area contributed by atoms with Gasteiger partial charge in [-0.1, -0.05) is 40.9 Å². The Morgan fingerprint density at radius 3 is 2.44 bits per heavy atom. The van der Waals surface area contributed by atoms with E-state index >= 15 is 0 Å². The zero-order valence-electron chi connectivity index (χ0n) is 8.75. The van der Waals surface area contributed by atoms with E-state index in [4.69, 9.17) is 44.6 Å². The molecule has 0 amide bonds. The van der Waals surface area contributed by atoms with Gasteiger partial charge in [-0.2, -0.15) is 0 Å². The summed E-state index contributed by atoms with van der Waals surface area (Å²) in [6.45, 7) is 0. The van der Waals surface area contributed by atoms with Crippen molar-refractivity contribution >= 4 is 34.8 Å². The number of aromatic hydroxyl groups is 1. The fourth-order valence-corrected chi connectivity index (χ4v) is 1.80. The maximum atomic E-state index is 13.2. The van der Waals surface area contributed by atoms with Crippen molar-refractivity contribution in [1.82, 2.24) is 0 Å². The first kappa shape index (κ1) is 13.3. The van der Waals surface area contributed by atoms with Gasteiger partial charge in [-0.15, -0.1) is 0 Å². The molecular weight excluding hydrogens is 301 g/mol. The molecule has 0 heterocycles. The molecule has 0 aliphatic rings. The van der Waals surface area contributed by atoms with Gasteiger partial charge in [0.15, 0.2) is 11.6 Å². The summed E-state index contributed by atoms with van der Waals surface area (Å²) < 4.78 is 18.6. The molecule has 0 fully saturated rings. The third kappa shape index (κ3) is 2.64. The monoisotopic (exact) mass is 306 g/mol. The van der Waals surface area contributed by atoms with Crippen LogP contribution in [0.3, 0.4) is 0 Å². The van der Waals surface area contributed by atoms with Crippen LogP contribution in [-0.2, 0) is 0 Å². The quantitative estimate of drug-likeness (QED) is 0.817. The van der Waals surface area contributed by atoms with Crippen molar-refractivity contribution in [3.05, 3.63) is 51.2 Å². The molecule has 2 aromatic rings. The van der Waals surface area contributed by atoms with Crippen LogP contribution in [0.15, 0.2) is 30.3 Å². The topological polar surface area (TPSA) is 29.5 Å². The molecule has 0 bridgehead atoms. The van der Waals surface area contributed by atoms with Gasteiger partial charge in [0.05, 0.1) is 10.0 Å². The lowest BCUT2D eigenvalue weighted by atomic mass is 10.3. The number of hydrogen-bond acceptors (Lipinski definition) is 2. The molecule has 0 saturated carbocycles. The van der Waals surface area contributed by atoms with E-state index in [1.807, 2.05) is 0 Å². The number of rotatable bonds is 2. The first-order valence-electron chi connectivity index (χ1n) is 4.79. The molecule has 0 radical (unpaired) electrons. The van der Waals surface area contributed by atoms with Crippen LogP contribution in [0.1, 0.15) is 0 Å². The van der Waals surface area contributed by atoms with Crippen LogP contribution in [0, 0.1) is 5.82 Å². The van der Waals surface area contributed by atoms with Crippen molar-refractivity contribution in [2.45, 2.75) is 0 Å². The van der Waals surface area contributed by atoms with Crippen LogP contribution in [0.2, 0.25) is 15.1 Å².